The number of aryl methyl sites for hydroxylation is 1. The minimum absolute atomic E-state index is 0.0857. The van der Waals surface area contributed by atoms with Crippen molar-refractivity contribution in [2.75, 3.05) is 16.8 Å². The van der Waals surface area contributed by atoms with E-state index >= 15 is 0 Å². The van der Waals surface area contributed by atoms with E-state index in [9.17, 15) is 4.79 Å². The minimum atomic E-state index is -0.301. The summed E-state index contributed by atoms with van der Waals surface area (Å²) < 4.78 is 13.0. The van der Waals surface area contributed by atoms with Gasteiger partial charge in [-0.3, -0.25) is 9.78 Å². The zero-order valence-corrected chi connectivity index (χ0v) is 25.1. The number of furan rings is 1. The zero-order chi connectivity index (χ0) is 29.1. The van der Waals surface area contributed by atoms with Crippen molar-refractivity contribution in [2.45, 2.75) is 19.0 Å². The maximum atomic E-state index is 12.5. The highest BCUT2D eigenvalue weighted by atomic mass is 79.9. The van der Waals surface area contributed by atoms with E-state index in [1.807, 2.05) is 95.9 Å². The van der Waals surface area contributed by atoms with Crippen LogP contribution in [0.5, 0.6) is 5.75 Å². The van der Waals surface area contributed by atoms with E-state index < -0.39 is 0 Å². The Labute approximate surface area is 257 Å². The maximum Gasteiger partial charge on any atom is 0.262 e. The lowest BCUT2D eigenvalue weighted by molar-refractivity contribution is -0.118. The molecular weight excluding hydrogens is 612 g/mol. The number of benzene rings is 3. The van der Waals surface area contributed by atoms with Crippen LogP contribution in [-0.2, 0) is 4.79 Å². The first-order valence-electron chi connectivity index (χ1n) is 13.4. The summed E-state index contributed by atoms with van der Waals surface area (Å²) in [5.74, 6) is 1.90. The Morgan fingerprint density at radius 1 is 1.02 bits per heavy atom. The van der Waals surface area contributed by atoms with Crippen LogP contribution in [0, 0.1) is 6.92 Å². The second-order valence-electron chi connectivity index (χ2n) is 9.88. The summed E-state index contributed by atoms with van der Waals surface area (Å²) in [5, 5.41) is 6.89. The van der Waals surface area contributed by atoms with Crippen LogP contribution in [0.2, 0.25) is 0 Å². The highest BCUT2D eigenvalue weighted by molar-refractivity contribution is 9.10. The Bertz CT molecular complexity index is 1710. The Balaban J connectivity index is 1.26. The smallest absolute Gasteiger partial charge is 0.262 e. The first kappa shape index (κ1) is 27.7. The van der Waals surface area contributed by atoms with Gasteiger partial charge in [-0.25, -0.2) is 0 Å². The molecule has 2 N–H and O–H groups in total. The number of hydrogen-bond donors (Lipinski definition) is 2. The number of anilines is 2. The third kappa shape index (κ3) is 5.93. The van der Waals surface area contributed by atoms with Crippen LogP contribution in [-0.4, -0.2) is 22.6 Å². The lowest BCUT2D eigenvalue weighted by Crippen LogP contribution is -2.29. The molecule has 1 aliphatic rings. The lowest BCUT2D eigenvalue weighted by atomic mass is 10.0. The molecule has 0 spiro atoms. The van der Waals surface area contributed by atoms with Gasteiger partial charge >= 0.3 is 0 Å². The average molecular weight is 640 g/mol. The molecule has 0 unspecified atom stereocenters. The third-order valence-electron chi connectivity index (χ3n) is 6.95. The van der Waals surface area contributed by atoms with Gasteiger partial charge in [0.15, 0.2) is 11.7 Å². The van der Waals surface area contributed by atoms with Gasteiger partial charge in [0.2, 0.25) is 0 Å². The predicted octanol–water partition coefficient (Wildman–Crippen LogP) is 7.61. The van der Waals surface area contributed by atoms with Gasteiger partial charge < -0.3 is 24.7 Å². The highest BCUT2D eigenvalue weighted by Crippen LogP contribution is 2.43. The number of amides is 1. The molecule has 1 amide bonds. The van der Waals surface area contributed by atoms with E-state index in [-0.39, 0.29) is 24.6 Å². The second-order valence-corrected chi connectivity index (χ2v) is 11.1. The summed E-state index contributed by atoms with van der Waals surface area (Å²) in [6.45, 7) is 1.97. The number of carbonyl (C=O) groups excluding carboxylic acids is 1. The number of aromatic nitrogens is 1. The van der Waals surface area contributed by atoms with Crippen LogP contribution in [0.25, 0.3) is 11.3 Å². The molecule has 0 bridgehead atoms. The Hall–Kier alpha value is -4.47. The van der Waals surface area contributed by atoms with Gasteiger partial charge in [0.25, 0.3) is 5.91 Å². The molecule has 5 aromatic rings. The minimum Gasteiger partial charge on any atom is -0.484 e. The van der Waals surface area contributed by atoms with E-state index in [0.29, 0.717) is 16.5 Å². The van der Waals surface area contributed by atoms with Crippen molar-refractivity contribution in [3.63, 3.8) is 0 Å². The molecular formula is C33H27BrN4O3S. The molecule has 0 saturated carbocycles. The fourth-order valence-electron chi connectivity index (χ4n) is 4.97. The van der Waals surface area contributed by atoms with Gasteiger partial charge in [-0.15, -0.1) is 0 Å². The standard InChI is InChI=1S/C33H27BrN4O3S/c1-21-10-15-25(26(34)19-21)28-16-17-29(41-28)32-31(27-9-5-6-18-35-27)37-33(42)38(32)23-13-11-22(12-14-23)36-30(39)20-40-24-7-3-2-4-8-24/h2-19,31-32H,20H2,1H3,(H,36,39)(H,37,42)/t31-,32-/m0/s1. The number of nitrogens with zero attached hydrogens (tertiary/aromatic N) is 2. The number of thiocarbonyl (C=S) groups is 1. The summed E-state index contributed by atoms with van der Waals surface area (Å²) in [5.41, 5.74) is 4.49. The van der Waals surface area contributed by atoms with Crippen LogP contribution in [0.4, 0.5) is 11.4 Å². The van der Waals surface area contributed by atoms with Crippen molar-refractivity contribution in [1.82, 2.24) is 10.3 Å². The molecule has 0 aliphatic carbocycles. The lowest BCUT2D eigenvalue weighted by Gasteiger charge is -2.26. The Morgan fingerprint density at radius 2 is 1.81 bits per heavy atom. The fourth-order valence-corrected chi connectivity index (χ4v) is 6.00. The first-order valence-corrected chi connectivity index (χ1v) is 14.6. The maximum absolute atomic E-state index is 12.5. The van der Waals surface area contributed by atoms with Gasteiger partial charge in [-0.2, -0.15) is 0 Å². The molecule has 1 saturated heterocycles. The van der Waals surface area contributed by atoms with Crippen molar-refractivity contribution in [2.24, 2.45) is 0 Å². The second kappa shape index (κ2) is 12.2. The van der Waals surface area contributed by atoms with Crippen LogP contribution in [0.3, 0.4) is 0 Å². The van der Waals surface area contributed by atoms with Crippen molar-refractivity contribution in [3.8, 4) is 17.1 Å². The van der Waals surface area contributed by atoms with Gasteiger partial charge in [-0.05, 0) is 97.5 Å². The molecule has 2 atom stereocenters. The Morgan fingerprint density at radius 3 is 2.55 bits per heavy atom. The van der Waals surface area contributed by atoms with Crippen LogP contribution < -0.4 is 20.3 Å². The predicted molar refractivity (Wildman–Crippen MR) is 172 cm³/mol. The zero-order valence-electron chi connectivity index (χ0n) is 22.7. The van der Waals surface area contributed by atoms with Gasteiger partial charge in [0, 0.05) is 27.6 Å². The van der Waals surface area contributed by atoms with Crippen molar-refractivity contribution >= 4 is 50.5 Å². The van der Waals surface area contributed by atoms with Crippen LogP contribution in [0.1, 0.15) is 29.1 Å². The van der Waals surface area contributed by atoms with E-state index in [0.717, 1.165) is 38.5 Å². The normalized spacial score (nSPS) is 16.2. The fraction of sp³-hybridized carbons (Fsp3) is 0.121. The third-order valence-corrected chi connectivity index (χ3v) is 7.92. The Kier molecular flexibility index (Phi) is 8.03. The van der Waals surface area contributed by atoms with E-state index in [4.69, 9.17) is 21.4 Å². The average Bonchev–Trinajstić information content (AvgIpc) is 3.62. The summed E-state index contributed by atoms with van der Waals surface area (Å²) in [6, 6.07) is 32.2. The molecule has 3 aromatic carbocycles. The molecule has 9 heteroatoms. The van der Waals surface area contributed by atoms with E-state index in [2.05, 4.69) is 50.6 Å². The number of hydrogen-bond acceptors (Lipinski definition) is 5. The van der Waals surface area contributed by atoms with Gasteiger partial charge in [0.05, 0.1) is 11.7 Å². The summed E-state index contributed by atoms with van der Waals surface area (Å²) in [4.78, 5) is 19.1. The van der Waals surface area contributed by atoms with Crippen molar-refractivity contribution in [3.05, 3.63) is 131 Å². The number of nitrogens with one attached hydrogen (secondary N) is 2. The van der Waals surface area contributed by atoms with E-state index in [1.54, 1.807) is 6.20 Å². The van der Waals surface area contributed by atoms with Crippen molar-refractivity contribution in [1.29, 1.82) is 0 Å². The summed E-state index contributed by atoms with van der Waals surface area (Å²) >= 11 is 9.52. The van der Waals surface area contributed by atoms with Gasteiger partial charge in [0.1, 0.15) is 23.3 Å². The quantitative estimate of drug-likeness (QED) is 0.169. The number of ether oxygens (including phenoxy) is 1. The SMILES string of the molecule is Cc1ccc(-c2ccc([C@H]3[C@H](c4ccccn4)NC(=S)N3c3ccc(NC(=O)COc4ccccc4)cc3)o2)c(Br)c1. The molecule has 6 rings (SSSR count). The summed E-state index contributed by atoms with van der Waals surface area (Å²) in [7, 11) is 0. The first-order chi connectivity index (χ1) is 20.5. The molecule has 3 heterocycles. The summed E-state index contributed by atoms with van der Waals surface area (Å²) in [6.07, 6.45) is 1.77. The van der Waals surface area contributed by atoms with Crippen molar-refractivity contribution < 1.29 is 13.9 Å². The topological polar surface area (TPSA) is 79.6 Å². The largest absolute Gasteiger partial charge is 0.484 e. The molecule has 42 heavy (non-hydrogen) atoms. The number of carbonyl (C=O) groups is 1. The molecule has 1 aliphatic heterocycles. The molecule has 1 fully saturated rings. The molecule has 0 radical (unpaired) electrons. The number of halogens is 1. The van der Waals surface area contributed by atoms with E-state index in [1.165, 1.54) is 0 Å². The van der Waals surface area contributed by atoms with Crippen LogP contribution in [0.15, 0.2) is 118 Å². The highest BCUT2D eigenvalue weighted by Gasteiger charge is 2.42. The number of para-hydroxylation sites is 1. The van der Waals surface area contributed by atoms with Gasteiger partial charge in [-0.1, -0.05) is 46.3 Å². The van der Waals surface area contributed by atoms with Crippen LogP contribution >= 0.6 is 28.1 Å². The number of rotatable bonds is 8. The number of pyridine rings is 1. The molecule has 210 valence electrons. The monoisotopic (exact) mass is 638 g/mol. The molecule has 2 aromatic heterocycles. The molecule has 7 nitrogen and oxygen atoms in total.